The Bertz CT molecular complexity index is 956. The number of aromatic nitrogens is 2. The van der Waals surface area contributed by atoms with E-state index in [1.165, 1.54) is 12.5 Å². The molecule has 0 aliphatic carbocycles. The van der Waals surface area contributed by atoms with Gasteiger partial charge in [-0.25, -0.2) is 18.7 Å². The van der Waals surface area contributed by atoms with Gasteiger partial charge in [0.15, 0.2) is 0 Å². The van der Waals surface area contributed by atoms with Crippen molar-refractivity contribution >= 4 is 23.6 Å². The maximum atomic E-state index is 12.7. The molecule has 1 fully saturated rings. The van der Waals surface area contributed by atoms with Gasteiger partial charge in [0, 0.05) is 36.8 Å². The van der Waals surface area contributed by atoms with E-state index in [-0.39, 0.29) is 12.5 Å². The quantitative estimate of drug-likeness (QED) is 0.671. The fourth-order valence-electron chi connectivity index (χ4n) is 4.28. The topological polar surface area (TPSA) is 94.0 Å². The predicted molar refractivity (Wildman–Crippen MR) is 105 cm³/mol. The Balaban J connectivity index is 1.65. The van der Waals surface area contributed by atoms with Crippen LogP contribution in [0.25, 0.3) is 0 Å². The highest BCUT2D eigenvalue weighted by Crippen LogP contribution is 2.42. The van der Waals surface area contributed by atoms with Crippen LogP contribution in [0.5, 0.6) is 0 Å². The summed E-state index contributed by atoms with van der Waals surface area (Å²) in [6.07, 6.45) is 2.94. The largest absolute Gasteiger partial charge is 0.342 e. The third kappa shape index (κ3) is 3.57. The number of carbonyl (C=O) groups excluding carboxylic acids is 1. The van der Waals surface area contributed by atoms with Crippen LogP contribution in [0.15, 0.2) is 24.7 Å². The fraction of sp³-hybridized carbons (Fsp3) is 0.400. The summed E-state index contributed by atoms with van der Waals surface area (Å²) in [5.41, 5.74) is 3.16. The zero-order valence-electron chi connectivity index (χ0n) is 16.0. The molecule has 3 heterocycles. The number of amides is 1. The van der Waals surface area contributed by atoms with Crippen LogP contribution >= 0.6 is 0 Å². The van der Waals surface area contributed by atoms with Crippen molar-refractivity contribution < 1.29 is 13.6 Å². The van der Waals surface area contributed by atoms with Gasteiger partial charge in [0.2, 0.25) is 0 Å². The smallest absolute Gasteiger partial charge is 0.252 e. The van der Waals surface area contributed by atoms with Gasteiger partial charge in [0.1, 0.15) is 12.1 Å². The normalized spacial score (nSPS) is 18.0. The van der Waals surface area contributed by atoms with Crippen molar-refractivity contribution in [2.75, 3.05) is 25.0 Å². The lowest BCUT2D eigenvalue weighted by Gasteiger charge is -2.40. The third-order valence-electron chi connectivity index (χ3n) is 5.70. The Kier molecular flexibility index (Phi) is 4.99. The average molecular weight is 400 g/mol. The Hall–Kier alpha value is -2.94. The van der Waals surface area contributed by atoms with Crippen LogP contribution in [-0.4, -0.2) is 53.0 Å². The molecule has 152 valence electrons. The molecule has 2 aliphatic rings. The lowest BCUT2D eigenvalue weighted by molar-refractivity contribution is 0.0554. The van der Waals surface area contributed by atoms with Gasteiger partial charge in [-0.1, -0.05) is 0 Å². The highest BCUT2D eigenvalue weighted by Gasteiger charge is 2.45. The average Bonchev–Trinajstić information content (AvgIpc) is 2.96. The van der Waals surface area contributed by atoms with Gasteiger partial charge in [0.05, 0.1) is 17.6 Å². The first-order chi connectivity index (χ1) is 13.9. The molecule has 0 radical (unpaired) electrons. The van der Waals surface area contributed by atoms with Crippen LogP contribution < -0.4 is 10.6 Å². The molecule has 3 N–H and O–H groups in total. The minimum Gasteiger partial charge on any atom is -0.342 e. The summed E-state index contributed by atoms with van der Waals surface area (Å²) in [5, 5.41) is 13.8. The number of hydrogen-bond acceptors (Lipinski definition) is 6. The zero-order chi connectivity index (χ0) is 20.6. The molecule has 1 aromatic heterocycles. The predicted octanol–water partition coefficient (Wildman–Crippen LogP) is 2.83. The molecule has 1 aromatic carbocycles. The summed E-state index contributed by atoms with van der Waals surface area (Å²) in [5.74, 6) is 0.390. The molecule has 0 unspecified atom stereocenters. The van der Waals surface area contributed by atoms with Crippen molar-refractivity contribution in [2.24, 2.45) is 0 Å². The Morgan fingerprint density at radius 3 is 2.83 bits per heavy atom. The van der Waals surface area contributed by atoms with Crippen LogP contribution in [0.1, 0.15) is 39.9 Å². The Labute approximate surface area is 167 Å². The van der Waals surface area contributed by atoms with Crippen LogP contribution in [-0.2, 0) is 5.54 Å². The van der Waals surface area contributed by atoms with Gasteiger partial charge in [-0.2, -0.15) is 0 Å². The number of carbonyl (C=O) groups is 1. The van der Waals surface area contributed by atoms with Crippen LogP contribution in [0, 0.1) is 12.3 Å². The van der Waals surface area contributed by atoms with Crippen molar-refractivity contribution in [3.63, 3.8) is 0 Å². The number of nitrogens with one attached hydrogen (secondary N) is 3. The highest BCUT2D eigenvalue weighted by atomic mass is 19.3. The first kappa shape index (κ1) is 19.4. The molecule has 1 spiro atoms. The molecular weight excluding hydrogens is 378 g/mol. The second-order valence-corrected chi connectivity index (χ2v) is 7.54. The highest BCUT2D eigenvalue weighted by molar-refractivity contribution is 6.02. The van der Waals surface area contributed by atoms with Gasteiger partial charge in [0.25, 0.3) is 12.3 Å². The first-order valence-corrected chi connectivity index (χ1v) is 9.47. The lowest BCUT2D eigenvalue weighted by Crippen LogP contribution is -2.50. The number of fused-ring (bicyclic) bond motifs is 2. The monoisotopic (exact) mass is 400 g/mol. The summed E-state index contributed by atoms with van der Waals surface area (Å²) in [7, 11) is 0. The Morgan fingerprint density at radius 1 is 1.38 bits per heavy atom. The van der Waals surface area contributed by atoms with E-state index in [1.807, 2.05) is 19.1 Å². The number of likely N-dealkylation sites (tertiary alicyclic amines) is 1. The second-order valence-electron chi connectivity index (χ2n) is 7.54. The van der Waals surface area contributed by atoms with Crippen LogP contribution in [0.3, 0.4) is 0 Å². The molecule has 0 atom stereocenters. The summed E-state index contributed by atoms with van der Waals surface area (Å²) < 4.78 is 25.4. The lowest BCUT2D eigenvalue weighted by atomic mass is 9.80. The number of nitrogens with zero attached hydrogens (tertiary/aromatic N) is 3. The molecule has 7 nitrogen and oxygen atoms in total. The van der Waals surface area contributed by atoms with Gasteiger partial charge >= 0.3 is 0 Å². The van der Waals surface area contributed by atoms with Crippen molar-refractivity contribution in [1.29, 1.82) is 5.41 Å². The van der Waals surface area contributed by atoms with Crippen LogP contribution in [0.2, 0.25) is 0 Å². The van der Waals surface area contributed by atoms with Crippen molar-refractivity contribution in [2.45, 2.75) is 31.7 Å². The van der Waals surface area contributed by atoms with Gasteiger partial charge in [-0.3, -0.25) is 9.69 Å². The molecule has 0 saturated carbocycles. The summed E-state index contributed by atoms with van der Waals surface area (Å²) in [6, 6.07) is 3.80. The Morgan fingerprint density at radius 2 is 2.14 bits per heavy atom. The molecule has 0 bridgehead atoms. The summed E-state index contributed by atoms with van der Waals surface area (Å²) in [6.45, 7) is 2.65. The number of aryl methyl sites for hydroxylation is 1. The molecule has 1 saturated heterocycles. The molecule has 2 aromatic rings. The number of rotatable bonds is 5. The third-order valence-corrected chi connectivity index (χ3v) is 5.70. The molecule has 2 aliphatic heterocycles. The SMILES string of the molecule is Cc1cc(Nc2ncncc2C=N)cc2c1C(=O)NC21CCN(CC(F)F)CC1. The van der Waals surface area contributed by atoms with E-state index >= 15 is 0 Å². The number of piperidine rings is 1. The minimum absolute atomic E-state index is 0.117. The number of hydrogen-bond donors (Lipinski definition) is 3. The zero-order valence-corrected chi connectivity index (χ0v) is 16.0. The number of halogens is 2. The van der Waals surface area contributed by atoms with E-state index in [2.05, 4.69) is 20.6 Å². The fourth-order valence-corrected chi connectivity index (χ4v) is 4.28. The number of anilines is 2. The van der Waals surface area contributed by atoms with Crippen molar-refractivity contribution in [3.8, 4) is 0 Å². The van der Waals surface area contributed by atoms with E-state index in [0.29, 0.717) is 42.9 Å². The van der Waals surface area contributed by atoms with Crippen molar-refractivity contribution in [3.05, 3.63) is 46.9 Å². The maximum Gasteiger partial charge on any atom is 0.252 e. The number of benzene rings is 1. The van der Waals surface area contributed by atoms with Gasteiger partial charge in [-0.05, 0) is 43.0 Å². The minimum atomic E-state index is -2.36. The molecular formula is C20H22F2N6O. The summed E-state index contributed by atoms with van der Waals surface area (Å²) >= 11 is 0. The molecule has 9 heteroatoms. The molecule has 4 rings (SSSR count). The van der Waals surface area contributed by atoms with E-state index < -0.39 is 12.0 Å². The van der Waals surface area contributed by atoms with Gasteiger partial charge in [-0.15, -0.1) is 0 Å². The first-order valence-electron chi connectivity index (χ1n) is 9.47. The summed E-state index contributed by atoms with van der Waals surface area (Å²) in [4.78, 5) is 22.5. The van der Waals surface area contributed by atoms with Crippen LogP contribution in [0.4, 0.5) is 20.3 Å². The number of alkyl halides is 2. The van der Waals surface area contributed by atoms with E-state index in [0.717, 1.165) is 16.8 Å². The molecule has 1 amide bonds. The molecule has 29 heavy (non-hydrogen) atoms. The maximum absolute atomic E-state index is 12.7. The standard InChI is InChI=1S/C20H22F2N6O/c1-12-6-14(26-18-13(8-23)9-24-11-25-18)7-15-17(12)19(29)27-20(15)2-4-28(5-3-20)10-16(21)22/h6-9,11,16,23H,2-5,10H2,1H3,(H,27,29)(H,24,25,26). The van der Waals surface area contributed by atoms with E-state index in [1.54, 1.807) is 11.1 Å². The van der Waals surface area contributed by atoms with Gasteiger partial charge < -0.3 is 16.0 Å². The van der Waals surface area contributed by atoms with E-state index in [4.69, 9.17) is 5.41 Å². The second kappa shape index (κ2) is 7.47. The van der Waals surface area contributed by atoms with Crippen molar-refractivity contribution in [1.82, 2.24) is 20.2 Å². The van der Waals surface area contributed by atoms with E-state index in [9.17, 15) is 13.6 Å².